The lowest BCUT2D eigenvalue weighted by Crippen LogP contribution is -2.34. The van der Waals surface area contributed by atoms with Gasteiger partial charge < -0.3 is 5.32 Å². The minimum absolute atomic E-state index is 0.0968. The fourth-order valence-corrected chi connectivity index (χ4v) is 4.57. The number of nitrogens with one attached hydrogen (secondary N) is 1. The van der Waals surface area contributed by atoms with Gasteiger partial charge in [0, 0.05) is 10.8 Å². The summed E-state index contributed by atoms with van der Waals surface area (Å²) >= 11 is 1.48. The maximum atomic E-state index is 12.9. The van der Waals surface area contributed by atoms with Gasteiger partial charge in [0.15, 0.2) is 5.13 Å². The van der Waals surface area contributed by atoms with Crippen LogP contribution in [0.5, 0.6) is 0 Å². The van der Waals surface area contributed by atoms with E-state index < -0.39 is 18.0 Å². The molecule has 0 bridgehead atoms. The maximum Gasteiger partial charge on any atom is 0.391 e. The Morgan fingerprint density at radius 2 is 1.91 bits per heavy atom. The Balaban J connectivity index is 1.63. The van der Waals surface area contributed by atoms with Crippen molar-refractivity contribution < 1.29 is 18.0 Å². The number of thiazole rings is 1. The fraction of sp³-hybridized carbons (Fsp3) is 0.750. The molecular weight excluding hydrogens is 325 g/mol. The molecule has 1 N–H and O–H groups in total. The number of hydrogen-bond acceptors (Lipinski definition) is 3. The van der Waals surface area contributed by atoms with E-state index in [-0.39, 0.29) is 18.7 Å². The number of alkyl halides is 3. The third-order valence-corrected chi connectivity index (χ3v) is 5.91. The van der Waals surface area contributed by atoms with Gasteiger partial charge in [0.05, 0.1) is 11.6 Å². The first-order valence-corrected chi connectivity index (χ1v) is 9.11. The zero-order valence-corrected chi connectivity index (χ0v) is 13.7. The third kappa shape index (κ3) is 4.05. The quantitative estimate of drug-likeness (QED) is 0.787. The van der Waals surface area contributed by atoms with E-state index in [0.717, 1.165) is 31.4 Å². The van der Waals surface area contributed by atoms with Crippen LogP contribution in [0.2, 0.25) is 0 Å². The van der Waals surface area contributed by atoms with Crippen LogP contribution in [-0.2, 0) is 17.6 Å². The van der Waals surface area contributed by atoms with Crippen molar-refractivity contribution >= 4 is 22.4 Å². The van der Waals surface area contributed by atoms with Crippen molar-refractivity contribution in [3.8, 4) is 0 Å². The van der Waals surface area contributed by atoms with Gasteiger partial charge in [-0.2, -0.15) is 13.2 Å². The van der Waals surface area contributed by atoms with Crippen molar-refractivity contribution in [3.63, 3.8) is 0 Å². The standard InChI is InChI=1S/C16H21F3N2OS/c17-16(18,19)11-6-4-5-10(9-11)14(22)21-15-20-12-7-2-1-3-8-13(12)23-15/h10-11H,1-9H2,(H,20,21,22). The molecule has 2 aliphatic carbocycles. The summed E-state index contributed by atoms with van der Waals surface area (Å²) in [6, 6.07) is 0. The molecule has 3 rings (SSSR count). The van der Waals surface area contributed by atoms with Gasteiger partial charge in [0.1, 0.15) is 0 Å². The minimum Gasteiger partial charge on any atom is -0.302 e. The van der Waals surface area contributed by atoms with Crippen molar-refractivity contribution in [3.05, 3.63) is 10.6 Å². The molecule has 128 valence electrons. The first-order valence-electron chi connectivity index (χ1n) is 8.29. The van der Waals surface area contributed by atoms with Gasteiger partial charge in [-0.25, -0.2) is 4.98 Å². The van der Waals surface area contributed by atoms with Crippen LogP contribution in [0.15, 0.2) is 0 Å². The molecule has 1 aromatic rings. The highest BCUT2D eigenvalue weighted by atomic mass is 32.1. The van der Waals surface area contributed by atoms with Crippen LogP contribution < -0.4 is 5.32 Å². The molecule has 2 unspecified atom stereocenters. The van der Waals surface area contributed by atoms with Gasteiger partial charge in [-0.1, -0.05) is 12.8 Å². The van der Waals surface area contributed by atoms with Gasteiger partial charge in [-0.05, 0) is 44.9 Å². The van der Waals surface area contributed by atoms with E-state index in [1.165, 1.54) is 22.6 Å². The van der Waals surface area contributed by atoms with Gasteiger partial charge in [0.2, 0.25) is 5.91 Å². The first kappa shape index (κ1) is 16.7. The number of hydrogen-bond donors (Lipinski definition) is 1. The third-order valence-electron chi connectivity index (χ3n) is 4.83. The van der Waals surface area contributed by atoms with E-state index in [2.05, 4.69) is 10.3 Å². The molecule has 0 spiro atoms. The summed E-state index contributed by atoms with van der Waals surface area (Å²) in [5.41, 5.74) is 1.06. The lowest BCUT2D eigenvalue weighted by Gasteiger charge is -2.29. The number of aryl methyl sites for hydroxylation is 2. The average Bonchev–Trinajstić information content (AvgIpc) is 2.75. The molecule has 0 aliphatic heterocycles. The van der Waals surface area contributed by atoms with Crippen LogP contribution in [-0.4, -0.2) is 17.1 Å². The number of carbonyl (C=O) groups excluding carboxylic acids is 1. The molecule has 0 saturated heterocycles. The van der Waals surface area contributed by atoms with Crippen LogP contribution in [0.4, 0.5) is 18.3 Å². The molecule has 1 heterocycles. The van der Waals surface area contributed by atoms with E-state index in [4.69, 9.17) is 0 Å². The van der Waals surface area contributed by atoms with E-state index >= 15 is 0 Å². The predicted octanol–water partition coefficient (Wildman–Crippen LogP) is 4.72. The number of amides is 1. The number of fused-ring (bicyclic) bond motifs is 1. The second-order valence-electron chi connectivity index (χ2n) is 6.54. The molecule has 2 atom stereocenters. The summed E-state index contributed by atoms with van der Waals surface area (Å²) in [5.74, 6) is -2.21. The highest BCUT2D eigenvalue weighted by Gasteiger charge is 2.43. The fourth-order valence-electron chi connectivity index (χ4n) is 3.51. The Labute approximate surface area is 137 Å². The summed E-state index contributed by atoms with van der Waals surface area (Å²) in [7, 11) is 0. The summed E-state index contributed by atoms with van der Waals surface area (Å²) in [5, 5.41) is 3.31. The largest absolute Gasteiger partial charge is 0.391 e. The van der Waals surface area contributed by atoms with Crippen LogP contribution >= 0.6 is 11.3 Å². The van der Waals surface area contributed by atoms with Gasteiger partial charge in [-0.15, -0.1) is 11.3 Å². The molecule has 2 aliphatic rings. The highest BCUT2D eigenvalue weighted by Crippen LogP contribution is 2.40. The van der Waals surface area contributed by atoms with Gasteiger partial charge in [-0.3, -0.25) is 4.79 Å². The summed E-state index contributed by atoms with van der Waals surface area (Å²) < 4.78 is 38.6. The SMILES string of the molecule is O=C(Nc1nc2c(s1)CCCCC2)C1CCCC(C(F)(F)F)C1. The van der Waals surface area contributed by atoms with E-state index in [0.29, 0.717) is 18.0 Å². The number of nitrogens with zero attached hydrogens (tertiary/aromatic N) is 1. The smallest absolute Gasteiger partial charge is 0.302 e. The lowest BCUT2D eigenvalue weighted by atomic mass is 9.80. The molecule has 1 fully saturated rings. The van der Waals surface area contributed by atoms with Crippen LogP contribution in [0, 0.1) is 11.8 Å². The Kier molecular flexibility index (Phi) is 4.94. The van der Waals surface area contributed by atoms with E-state index in [9.17, 15) is 18.0 Å². The van der Waals surface area contributed by atoms with Crippen molar-refractivity contribution in [2.75, 3.05) is 5.32 Å². The number of aromatic nitrogens is 1. The van der Waals surface area contributed by atoms with Crippen molar-refractivity contribution in [2.45, 2.75) is 64.0 Å². The normalized spacial score (nSPS) is 25.5. The Hall–Kier alpha value is -1.11. The topological polar surface area (TPSA) is 42.0 Å². The molecule has 1 aromatic heterocycles. The van der Waals surface area contributed by atoms with Crippen molar-refractivity contribution in [1.29, 1.82) is 0 Å². The Morgan fingerprint density at radius 1 is 1.13 bits per heavy atom. The zero-order valence-electron chi connectivity index (χ0n) is 12.9. The van der Waals surface area contributed by atoms with E-state index in [1.807, 2.05) is 0 Å². The second-order valence-corrected chi connectivity index (χ2v) is 7.62. The first-order chi connectivity index (χ1) is 10.9. The number of anilines is 1. The number of rotatable bonds is 2. The number of halogens is 3. The molecular formula is C16H21F3N2OS. The molecule has 23 heavy (non-hydrogen) atoms. The minimum atomic E-state index is -4.20. The average molecular weight is 346 g/mol. The monoisotopic (exact) mass is 346 g/mol. The van der Waals surface area contributed by atoms with Crippen molar-refractivity contribution in [2.24, 2.45) is 11.8 Å². The predicted molar refractivity (Wildman–Crippen MR) is 83.5 cm³/mol. The maximum absolute atomic E-state index is 12.9. The molecule has 1 saturated carbocycles. The van der Waals surface area contributed by atoms with E-state index in [1.54, 1.807) is 0 Å². The molecule has 0 aromatic carbocycles. The summed E-state index contributed by atoms with van der Waals surface area (Å²) in [4.78, 5) is 18.0. The summed E-state index contributed by atoms with van der Waals surface area (Å²) in [6.07, 6.45) is 2.20. The zero-order chi connectivity index (χ0) is 16.4. The highest BCUT2D eigenvalue weighted by molar-refractivity contribution is 7.15. The molecule has 7 heteroatoms. The number of carbonyl (C=O) groups is 1. The van der Waals surface area contributed by atoms with Crippen molar-refractivity contribution in [1.82, 2.24) is 4.98 Å². The van der Waals surface area contributed by atoms with Crippen LogP contribution in [0.25, 0.3) is 0 Å². The molecule has 1 amide bonds. The lowest BCUT2D eigenvalue weighted by molar-refractivity contribution is -0.185. The van der Waals surface area contributed by atoms with Crippen LogP contribution in [0.3, 0.4) is 0 Å². The Bertz CT molecular complexity index is 547. The second kappa shape index (κ2) is 6.79. The van der Waals surface area contributed by atoms with Gasteiger partial charge >= 0.3 is 6.18 Å². The molecule has 0 radical (unpaired) electrons. The van der Waals surface area contributed by atoms with Gasteiger partial charge in [0.25, 0.3) is 0 Å². The summed E-state index contributed by atoms with van der Waals surface area (Å²) in [6.45, 7) is 0. The van der Waals surface area contributed by atoms with Crippen LogP contribution in [0.1, 0.15) is 55.5 Å². The Morgan fingerprint density at radius 3 is 2.70 bits per heavy atom. The molecule has 3 nitrogen and oxygen atoms in total.